The van der Waals surface area contributed by atoms with E-state index in [9.17, 15) is 9.59 Å². The third-order valence-corrected chi connectivity index (χ3v) is 6.09. The Morgan fingerprint density at radius 1 is 1.28 bits per heavy atom. The van der Waals surface area contributed by atoms with Gasteiger partial charge in [0.25, 0.3) is 0 Å². The van der Waals surface area contributed by atoms with Crippen LogP contribution in [0.5, 0.6) is 0 Å². The molecule has 0 atom stereocenters. The number of anilines is 1. The van der Waals surface area contributed by atoms with Crippen molar-refractivity contribution in [1.29, 1.82) is 0 Å². The van der Waals surface area contributed by atoms with Crippen molar-refractivity contribution in [2.45, 2.75) is 45.9 Å². The molecule has 3 aromatic rings. The first kappa shape index (κ1) is 22.3. The van der Waals surface area contributed by atoms with Gasteiger partial charge < -0.3 is 19.4 Å². The highest BCUT2D eigenvalue weighted by atomic mass is 35.5. The molecule has 0 radical (unpaired) electrons. The molecule has 0 aliphatic heterocycles. The monoisotopic (exact) mass is 455 g/mol. The van der Waals surface area contributed by atoms with E-state index < -0.39 is 5.97 Å². The summed E-state index contributed by atoms with van der Waals surface area (Å²) in [5, 5.41) is 4.04. The number of carbonyl (C=O) groups is 1. The van der Waals surface area contributed by atoms with Crippen LogP contribution < -0.4 is 10.7 Å². The van der Waals surface area contributed by atoms with Crippen LogP contribution in [0.3, 0.4) is 0 Å². The van der Waals surface area contributed by atoms with Crippen molar-refractivity contribution in [1.82, 2.24) is 9.55 Å². The summed E-state index contributed by atoms with van der Waals surface area (Å²) in [6.45, 7) is 4.53. The fourth-order valence-electron chi connectivity index (χ4n) is 3.88. The highest BCUT2D eigenvalue weighted by molar-refractivity contribution is 6.32. The minimum atomic E-state index is -0.602. The molecule has 0 spiro atoms. The third-order valence-electron chi connectivity index (χ3n) is 5.73. The summed E-state index contributed by atoms with van der Waals surface area (Å²) >= 11 is 6.56. The maximum atomic E-state index is 13.1. The van der Waals surface area contributed by atoms with Crippen molar-refractivity contribution in [3.63, 3.8) is 0 Å². The average Bonchev–Trinajstić information content (AvgIpc) is 3.62. The van der Waals surface area contributed by atoms with Crippen molar-refractivity contribution in [2.24, 2.45) is 0 Å². The lowest BCUT2D eigenvalue weighted by Gasteiger charge is -2.17. The van der Waals surface area contributed by atoms with Crippen molar-refractivity contribution < 1.29 is 14.3 Å². The Bertz CT molecular complexity index is 1230. The molecule has 32 heavy (non-hydrogen) atoms. The molecule has 2 aromatic heterocycles. The number of benzene rings is 1. The Hall–Kier alpha value is -2.90. The van der Waals surface area contributed by atoms with Gasteiger partial charge in [0.15, 0.2) is 0 Å². The Kier molecular flexibility index (Phi) is 6.48. The minimum Gasteiger partial charge on any atom is -0.462 e. The van der Waals surface area contributed by atoms with E-state index in [1.54, 1.807) is 31.5 Å². The second-order valence-corrected chi connectivity index (χ2v) is 8.25. The predicted octanol–water partition coefficient (Wildman–Crippen LogP) is 4.63. The number of ether oxygens (including phenoxy) is 2. The molecule has 2 heterocycles. The highest BCUT2D eigenvalue weighted by Gasteiger charge is 2.28. The molecule has 4 rings (SSSR count). The van der Waals surface area contributed by atoms with E-state index >= 15 is 0 Å². The van der Waals surface area contributed by atoms with Gasteiger partial charge in [-0.2, -0.15) is 0 Å². The largest absolute Gasteiger partial charge is 0.462 e. The molecule has 168 valence electrons. The molecular formula is C24H26ClN3O4. The molecule has 0 bridgehead atoms. The molecule has 0 unspecified atom stereocenters. The maximum Gasteiger partial charge on any atom is 0.343 e. The van der Waals surface area contributed by atoms with Gasteiger partial charge in [-0.15, -0.1) is 0 Å². The number of nitrogens with zero attached hydrogens (tertiary/aromatic N) is 2. The number of fused-ring (bicyclic) bond motifs is 1. The van der Waals surface area contributed by atoms with Gasteiger partial charge >= 0.3 is 5.97 Å². The summed E-state index contributed by atoms with van der Waals surface area (Å²) in [7, 11) is 1.83. The first-order valence-electron chi connectivity index (χ1n) is 10.7. The van der Waals surface area contributed by atoms with Gasteiger partial charge in [0.05, 0.1) is 25.3 Å². The minimum absolute atomic E-state index is 0.0486. The number of hydrogen-bond acceptors (Lipinski definition) is 6. The summed E-state index contributed by atoms with van der Waals surface area (Å²) in [5.41, 5.74) is 3.20. The SMILES string of the molecule is CCOC(=O)c1cn(C2CC2)c2c(COCc3ccnc(NC)c3C)c(Cl)ccc2c1=O. The van der Waals surface area contributed by atoms with E-state index in [0.29, 0.717) is 17.0 Å². The second kappa shape index (κ2) is 9.30. The zero-order valence-electron chi connectivity index (χ0n) is 18.4. The molecule has 1 N–H and O–H groups in total. The van der Waals surface area contributed by atoms with Crippen LogP contribution in [0.2, 0.25) is 5.02 Å². The number of pyridine rings is 2. The van der Waals surface area contributed by atoms with E-state index in [4.69, 9.17) is 21.1 Å². The molecule has 1 aliphatic rings. The molecule has 7 nitrogen and oxygen atoms in total. The molecule has 0 amide bonds. The molecule has 0 saturated heterocycles. The van der Waals surface area contributed by atoms with Crippen LogP contribution in [0.1, 0.15) is 52.9 Å². The lowest BCUT2D eigenvalue weighted by molar-refractivity contribution is 0.0524. The zero-order valence-corrected chi connectivity index (χ0v) is 19.2. The first-order valence-corrected chi connectivity index (χ1v) is 11.1. The van der Waals surface area contributed by atoms with E-state index in [-0.39, 0.29) is 30.2 Å². The number of esters is 1. The number of carbonyl (C=O) groups excluding carboxylic acids is 1. The Labute approximate surface area is 191 Å². The van der Waals surface area contributed by atoms with Gasteiger partial charge in [0, 0.05) is 41.5 Å². The van der Waals surface area contributed by atoms with Crippen LogP contribution in [0.15, 0.2) is 35.4 Å². The number of halogens is 1. The summed E-state index contributed by atoms with van der Waals surface area (Å²) in [4.78, 5) is 29.8. The Morgan fingerprint density at radius 3 is 2.75 bits per heavy atom. The van der Waals surface area contributed by atoms with Gasteiger partial charge in [0.1, 0.15) is 11.4 Å². The maximum absolute atomic E-state index is 13.1. The van der Waals surface area contributed by atoms with Crippen LogP contribution >= 0.6 is 11.6 Å². The fourth-order valence-corrected chi connectivity index (χ4v) is 4.08. The Balaban J connectivity index is 1.72. The Morgan fingerprint density at radius 2 is 2.06 bits per heavy atom. The second-order valence-electron chi connectivity index (χ2n) is 7.84. The van der Waals surface area contributed by atoms with Gasteiger partial charge in [-0.3, -0.25) is 4.79 Å². The van der Waals surface area contributed by atoms with Gasteiger partial charge in [-0.1, -0.05) is 11.6 Å². The van der Waals surface area contributed by atoms with Crippen molar-refractivity contribution in [3.05, 3.63) is 68.1 Å². The lowest BCUT2D eigenvalue weighted by Crippen LogP contribution is -2.21. The normalized spacial score (nSPS) is 13.4. The van der Waals surface area contributed by atoms with Crippen molar-refractivity contribution in [3.8, 4) is 0 Å². The van der Waals surface area contributed by atoms with E-state index in [0.717, 1.165) is 40.9 Å². The van der Waals surface area contributed by atoms with Gasteiger partial charge in [-0.25, -0.2) is 9.78 Å². The molecular weight excluding hydrogens is 430 g/mol. The standard InChI is InChI=1S/C24H26ClN3O4/c1-4-32-24(30)18-11-28(16-5-6-16)21-17(22(18)29)7-8-20(25)19(21)13-31-12-15-9-10-27-23(26-3)14(15)2/h7-11,16H,4-6,12-13H2,1-3H3,(H,26,27). The van der Waals surface area contributed by atoms with Gasteiger partial charge in [-0.05, 0) is 56.0 Å². The van der Waals surface area contributed by atoms with Crippen molar-refractivity contribution >= 4 is 34.3 Å². The van der Waals surface area contributed by atoms with Crippen molar-refractivity contribution in [2.75, 3.05) is 19.0 Å². The topological polar surface area (TPSA) is 82.4 Å². The van der Waals surface area contributed by atoms with Crippen LogP contribution in [-0.2, 0) is 22.7 Å². The van der Waals surface area contributed by atoms with Crippen LogP contribution in [0.4, 0.5) is 5.82 Å². The van der Waals surface area contributed by atoms with E-state index in [1.807, 2.05) is 24.6 Å². The third kappa shape index (κ3) is 4.23. The smallest absolute Gasteiger partial charge is 0.343 e. The first-order chi connectivity index (χ1) is 15.5. The number of nitrogens with one attached hydrogen (secondary N) is 1. The molecule has 8 heteroatoms. The summed E-state index contributed by atoms with van der Waals surface area (Å²) in [6, 6.07) is 5.51. The van der Waals surface area contributed by atoms with E-state index in [1.165, 1.54) is 0 Å². The molecule has 1 aromatic carbocycles. The van der Waals surface area contributed by atoms with E-state index in [2.05, 4.69) is 10.3 Å². The number of hydrogen-bond donors (Lipinski definition) is 1. The van der Waals surface area contributed by atoms with Crippen LogP contribution in [-0.4, -0.2) is 29.2 Å². The van der Waals surface area contributed by atoms with Crippen LogP contribution in [0.25, 0.3) is 10.9 Å². The number of rotatable bonds is 8. The average molecular weight is 456 g/mol. The fraction of sp³-hybridized carbons (Fsp3) is 0.375. The quantitative estimate of drug-likeness (QED) is 0.499. The van der Waals surface area contributed by atoms with Crippen LogP contribution in [0, 0.1) is 6.92 Å². The zero-order chi connectivity index (χ0) is 22.8. The summed E-state index contributed by atoms with van der Waals surface area (Å²) in [5.74, 6) is 0.207. The molecule has 1 fully saturated rings. The van der Waals surface area contributed by atoms with Gasteiger partial charge in [0.2, 0.25) is 5.43 Å². The highest BCUT2D eigenvalue weighted by Crippen LogP contribution is 2.39. The molecule has 1 aliphatic carbocycles. The summed E-state index contributed by atoms with van der Waals surface area (Å²) < 4.78 is 13.1. The number of aromatic nitrogens is 2. The molecule has 1 saturated carbocycles. The predicted molar refractivity (Wildman–Crippen MR) is 124 cm³/mol. The summed E-state index contributed by atoms with van der Waals surface area (Å²) in [6.07, 6.45) is 5.32. The lowest BCUT2D eigenvalue weighted by atomic mass is 10.1.